The highest BCUT2D eigenvalue weighted by Crippen LogP contribution is 2.23. The number of ether oxygens (including phenoxy) is 2. The van der Waals surface area contributed by atoms with Gasteiger partial charge >= 0.3 is 0 Å². The van der Waals surface area contributed by atoms with Crippen molar-refractivity contribution in [3.8, 4) is 17.2 Å². The number of hydrogen-bond acceptors (Lipinski definition) is 4. The van der Waals surface area contributed by atoms with Gasteiger partial charge in [0.15, 0.2) is 6.29 Å². The summed E-state index contributed by atoms with van der Waals surface area (Å²) in [6.45, 7) is 2.76. The molecule has 4 heteroatoms. The predicted molar refractivity (Wildman–Crippen MR) is 71.9 cm³/mol. The summed E-state index contributed by atoms with van der Waals surface area (Å²) in [6, 6.07) is 8.97. The van der Waals surface area contributed by atoms with Gasteiger partial charge < -0.3 is 9.47 Å². The number of carbonyl (C=O) groups is 1. The molecule has 0 aliphatic heterocycles. The van der Waals surface area contributed by atoms with Crippen LogP contribution in [0.4, 0.5) is 0 Å². The fourth-order valence-electron chi connectivity index (χ4n) is 1.52. The van der Waals surface area contributed by atoms with Crippen molar-refractivity contribution in [2.24, 2.45) is 0 Å². The Kier molecular flexibility index (Phi) is 4.50. The van der Waals surface area contributed by atoms with E-state index in [9.17, 15) is 4.79 Å². The van der Waals surface area contributed by atoms with Crippen molar-refractivity contribution >= 4 is 6.29 Å². The summed E-state index contributed by atoms with van der Waals surface area (Å²) in [5, 5.41) is 0. The third-order valence-corrected chi connectivity index (χ3v) is 2.40. The minimum Gasteiger partial charge on any atom is -0.494 e. The van der Waals surface area contributed by atoms with Gasteiger partial charge in [0.05, 0.1) is 12.8 Å². The topological polar surface area (TPSA) is 48.4 Å². The molecule has 0 spiro atoms. The molecule has 2 aromatic rings. The van der Waals surface area contributed by atoms with Crippen molar-refractivity contribution in [1.82, 2.24) is 4.98 Å². The zero-order chi connectivity index (χ0) is 13.5. The minimum absolute atomic E-state index is 0.486. The number of rotatable bonds is 6. The molecule has 98 valence electrons. The van der Waals surface area contributed by atoms with Crippen LogP contribution in [0.25, 0.3) is 0 Å². The third-order valence-electron chi connectivity index (χ3n) is 2.40. The molecule has 0 aliphatic rings. The third kappa shape index (κ3) is 3.81. The van der Waals surface area contributed by atoms with Crippen LogP contribution in [0.3, 0.4) is 0 Å². The van der Waals surface area contributed by atoms with E-state index in [0.717, 1.165) is 18.5 Å². The van der Waals surface area contributed by atoms with Gasteiger partial charge in [-0.1, -0.05) is 6.92 Å². The van der Waals surface area contributed by atoms with E-state index >= 15 is 0 Å². The van der Waals surface area contributed by atoms with Gasteiger partial charge in [-0.15, -0.1) is 0 Å². The molecule has 0 unspecified atom stereocenters. The summed E-state index contributed by atoms with van der Waals surface area (Å²) in [6.07, 6.45) is 4.76. The Labute approximate surface area is 112 Å². The molecule has 0 bridgehead atoms. The monoisotopic (exact) mass is 257 g/mol. The van der Waals surface area contributed by atoms with Crippen molar-refractivity contribution in [2.75, 3.05) is 6.61 Å². The molecule has 19 heavy (non-hydrogen) atoms. The highest BCUT2D eigenvalue weighted by molar-refractivity contribution is 5.74. The molecule has 4 nitrogen and oxygen atoms in total. The van der Waals surface area contributed by atoms with Crippen LogP contribution in [0.2, 0.25) is 0 Å². The maximum atomic E-state index is 10.6. The van der Waals surface area contributed by atoms with Gasteiger partial charge in [0.1, 0.15) is 17.2 Å². The molecule has 1 aromatic carbocycles. The molecule has 0 aliphatic carbocycles. The van der Waals surface area contributed by atoms with Gasteiger partial charge in [-0.25, -0.2) is 0 Å². The average molecular weight is 257 g/mol. The first-order valence-electron chi connectivity index (χ1n) is 6.12. The van der Waals surface area contributed by atoms with E-state index in [1.807, 2.05) is 24.3 Å². The molecule has 1 heterocycles. The molecule has 0 saturated carbocycles. The van der Waals surface area contributed by atoms with Crippen LogP contribution in [-0.2, 0) is 0 Å². The smallest absolute Gasteiger partial charge is 0.151 e. The first-order chi connectivity index (χ1) is 9.31. The summed E-state index contributed by atoms with van der Waals surface area (Å²) in [5.74, 6) is 2.02. The second kappa shape index (κ2) is 6.54. The highest BCUT2D eigenvalue weighted by Gasteiger charge is 2.00. The molecule has 0 amide bonds. The Morgan fingerprint density at radius 2 is 1.84 bits per heavy atom. The van der Waals surface area contributed by atoms with Gasteiger partial charge in [-0.3, -0.25) is 9.78 Å². The number of pyridine rings is 1. The lowest BCUT2D eigenvalue weighted by Gasteiger charge is -2.07. The highest BCUT2D eigenvalue weighted by atomic mass is 16.5. The zero-order valence-electron chi connectivity index (χ0n) is 10.7. The van der Waals surface area contributed by atoms with Crippen LogP contribution < -0.4 is 9.47 Å². The quantitative estimate of drug-likeness (QED) is 0.743. The fourth-order valence-corrected chi connectivity index (χ4v) is 1.52. The van der Waals surface area contributed by atoms with E-state index in [0.29, 0.717) is 23.7 Å². The van der Waals surface area contributed by atoms with Crippen molar-refractivity contribution in [3.63, 3.8) is 0 Å². The van der Waals surface area contributed by atoms with Crippen LogP contribution in [0, 0.1) is 0 Å². The van der Waals surface area contributed by atoms with Gasteiger partial charge in [0.25, 0.3) is 0 Å². The molecule has 0 atom stereocenters. The lowest BCUT2D eigenvalue weighted by Crippen LogP contribution is -1.94. The van der Waals surface area contributed by atoms with Gasteiger partial charge in [-0.2, -0.15) is 0 Å². The van der Waals surface area contributed by atoms with E-state index in [4.69, 9.17) is 9.47 Å². The fraction of sp³-hybridized carbons (Fsp3) is 0.200. The number of nitrogens with zero attached hydrogens (tertiary/aromatic N) is 1. The second-order valence-electron chi connectivity index (χ2n) is 3.99. The number of benzene rings is 1. The maximum absolute atomic E-state index is 10.6. The normalized spacial score (nSPS) is 9.95. The Balaban J connectivity index is 2.04. The van der Waals surface area contributed by atoms with Crippen molar-refractivity contribution in [3.05, 3.63) is 48.3 Å². The van der Waals surface area contributed by atoms with E-state index < -0.39 is 0 Å². The summed E-state index contributed by atoms with van der Waals surface area (Å²) in [5.41, 5.74) is 0.486. The van der Waals surface area contributed by atoms with E-state index in [1.54, 1.807) is 12.3 Å². The first kappa shape index (κ1) is 13.1. The molecule has 1 aromatic heterocycles. The Morgan fingerprint density at radius 1 is 1.11 bits per heavy atom. The average Bonchev–Trinajstić information content (AvgIpc) is 2.47. The molecular weight excluding hydrogens is 242 g/mol. The Hall–Kier alpha value is -2.36. The number of aldehydes is 1. The van der Waals surface area contributed by atoms with Crippen molar-refractivity contribution in [2.45, 2.75) is 13.3 Å². The lowest BCUT2D eigenvalue weighted by molar-refractivity contribution is 0.112. The van der Waals surface area contributed by atoms with E-state index in [-0.39, 0.29) is 0 Å². The van der Waals surface area contributed by atoms with Crippen molar-refractivity contribution in [1.29, 1.82) is 0 Å². The molecule has 0 fully saturated rings. The predicted octanol–water partition coefficient (Wildman–Crippen LogP) is 3.48. The summed E-state index contributed by atoms with van der Waals surface area (Å²) in [7, 11) is 0. The first-order valence-corrected chi connectivity index (χ1v) is 6.12. The maximum Gasteiger partial charge on any atom is 0.151 e. The molecule has 0 N–H and O–H groups in total. The minimum atomic E-state index is 0.486. The summed E-state index contributed by atoms with van der Waals surface area (Å²) >= 11 is 0. The molecule has 0 saturated heterocycles. The SMILES string of the molecule is CCCOc1ccc(Oc2cncc(C=O)c2)cc1. The Bertz CT molecular complexity index is 537. The molecule has 0 radical (unpaired) electrons. The van der Waals surface area contributed by atoms with Crippen LogP contribution in [0.5, 0.6) is 17.2 Å². The van der Waals surface area contributed by atoms with Gasteiger partial charge in [-0.05, 0) is 36.8 Å². The zero-order valence-corrected chi connectivity index (χ0v) is 10.7. The van der Waals surface area contributed by atoms with E-state index in [2.05, 4.69) is 11.9 Å². The van der Waals surface area contributed by atoms with Crippen LogP contribution in [0.1, 0.15) is 23.7 Å². The largest absolute Gasteiger partial charge is 0.494 e. The number of aromatic nitrogens is 1. The van der Waals surface area contributed by atoms with Crippen LogP contribution in [0.15, 0.2) is 42.7 Å². The number of hydrogen-bond donors (Lipinski definition) is 0. The van der Waals surface area contributed by atoms with Gasteiger partial charge in [0.2, 0.25) is 0 Å². The summed E-state index contributed by atoms with van der Waals surface area (Å²) in [4.78, 5) is 14.6. The lowest BCUT2D eigenvalue weighted by atomic mass is 10.3. The standard InChI is InChI=1S/C15H15NO3/c1-2-7-18-13-3-5-14(6-4-13)19-15-8-12(11-17)9-16-10-15/h3-6,8-11H,2,7H2,1H3. The second-order valence-corrected chi connectivity index (χ2v) is 3.99. The van der Waals surface area contributed by atoms with Crippen LogP contribution >= 0.6 is 0 Å². The van der Waals surface area contributed by atoms with Gasteiger partial charge in [0, 0.05) is 11.8 Å². The Morgan fingerprint density at radius 3 is 2.53 bits per heavy atom. The molecular formula is C15H15NO3. The van der Waals surface area contributed by atoms with Crippen LogP contribution in [-0.4, -0.2) is 17.9 Å². The summed E-state index contributed by atoms with van der Waals surface area (Å²) < 4.78 is 11.1. The van der Waals surface area contributed by atoms with E-state index in [1.165, 1.54) is 6.20 Å². The number of carbonyl (C=O) groups excluding carboxylic acids is 1. The van der Waals surface area contributed by atoms with Crippen molar-refractivity contribution < 1.29 is 14.3 Å². The molecule has 2 rings (SSSR count).